The van der Waals surface area contributed by atoms with Gasteiger partial charge in [-0.1, -0.05) is 13.3 Å². The molecule has 7 nitrogen and oxygen atoms in total. The number of rotatable bonds is 5. The van der Waals surface area contributed by atoms with Gasteiger partial charge in [-0.15, -0.1) is 0 Å². The molecule has 2 fully saturated rings. The molecule has 4 heterocycles. The van der Waals surface area contributed by atoms with E-state index in [1.165, 1.54) is 31.2 Å². The van der Waals surface area contributed by atoms with Gasteiger partial charge in [0.25, 0.3) is 0 Å². The van der Waals surface area contributed by atoms with E-state index in [2.05, 4.69) is 43.1 Å². The van der Waals surface area contributed by atoms with Gasteiger partial charge in [-0.2, -0.15) is 0 Å². The van der Waals surface area contributed by atoms with Crippen LogP contribution in [0.1, 0.15) is 62.2 Å². The number of piperidine rings is 2. The number of aromatic nitrogens is 4. The minimum absolute atomic E-state index is 0.320. The summed E-state index contributed by atoms with van der Waals surface area (Å²) < 4.78 is 0. The average molecular weight is 396 g/mol. The molecule has 2 saturated heterocycles. The summed E-state index contributed by atoms with van der Waals surface area (Å²) in [6, 6.07) is 2.41. The Morgan fingerprint density at radius 3 is 2.52 bits per heavy atom. The lowest BCUT2D eigenvalue weighted by atomic mass is 9.98. The molecular formula is C22H33N7. The van der Waals surface area contributed by atoms with Crippen LogP contribution in [0, 0.1) is 12.8 Å². The maximum absolute atomic E-state index is 4.75. The normalized spacial score (nSPS) is 21.3. The Morgan fingerprint density at radius 1 is 1.03 bits per heavy atom. The second-order valence-electron chi connectivity index (χ2n) is 8.52. The Hall–Kier alpha value is -2.28. The highest BCUT2D eigenvalue weighted by Crippen LogP contribution is 2.32. The van der Waals surface area contributed by atoms with Crippen molar-refractivity contribution in [2.45, 2.75) is 58.5 Å². The predicted molar refractivity (Wildman–Crippen MR) is 116 cm³/mol. The van der Waals surface area contributed by atoms with Gasteiger partial charge in [-0.25, -0.2) is 19.9 Å². The number of anilines is 2. The van der Waals surface area contributed by atoms with Crippen LogP contribution in [0.15, 0.2) is 18.5 Å². The molecule has 156 valence electrons. The second-order valence-corrected chi connectivity index (χ2v) is 8.52. The largest absolute Gasteiger partial charge is 0.373 e. The number of nitrogens with zero attached hydrogens (tertiary/aromatic N) is 6. The highest BCUT2D eigenvalue weighted by Gasteiger charge is 2.26. The van der Waals surface area contributed by atoms with E-state index in [1.807, 2.05) is 26.4 Å². The Morgan fingerprint density at radius 2 is 1.79 bits per heavy atom. The lowest BCUT2D eigenvalue weighted by molar-refractivity contribution is 0.137. The van der Waals surface area contributed by atoms with Crippen LogP contribution < -0.4 is 10.2 Å². The fourth-order valence-corrected chi connectivity index (χ4v) is 4.44. The molecule has 7 heteroatoms. The molecular weight excluding hydrogens is 362 g/mol. The Labute approximate surface area is 174 Å². The highest BCUT2D eigenvalue weighted by molar-refractivity contribution is 5.36. The number of aryl methyl sites for hydroxylation is 1. The molecule has 2 aromatic rings. The first kappa shape index (κ1) is 20.0. The van der Waals surface area contributed by atoms with Crippen molar-refractivity contribution in [2.75, 3.05) is 36.9 Å². The smallest absolute Gasteiger partial charge is 0.225 e. The first-order chi connectivity index (χ1) is 14.1. The van der Waals surface area contributed by atoms with Crippen LogP contribution in [-0.4, -0.2) is 51.5 Å². The first-order valence-electron chi connectivity index (χ1n) is 11.0. The van der Waals surface area contributed by atoms with Gasteiger partial charge >= 0.3 is 0 Å². The van der Waals surface area contributed by atoms with Gasteiger partial charge in [0, 0.05) is 50.7 Å². The third-order valence-corrected chi connectivity index (χ3v) is 6.21. The quantitative estimate of drug-likeness (QED) is 0.830. The lowest BCUT2D eigenvalue weighted by Gasteiger charge is -2.35. The van der Waals surface area contributed by atoms with Gasteiger partial charge < -0.3 is 10.2 Å². The molecule has 1 atom stereocenters. The van der Waals surface area contributed by atoms with Crippen molar-refractivity contribution in [1.82, 2.24) is 24.8 Å². The highest BCUT2D eigenvalue weighted by atomic mass is 15.3. The molecule has 2 aliphatic rings. The monoisotopic (exact) mass is 395 g/mol. The van der Waals surface area contributed by atoms with E-state index in [-0.39, 0.29) is 0 Å². The van der Waals surface area contributed by atoms with E-state index in [4.69, 9.17) is 4.98 Å². The van der Waals surface area contributed by atoms with Gasteiger partial charge in [-0.05, 0) is 45.1 Å². The van der Waals surface area contributed by atoms with Gasteiger partial charge in [0.2, 0.25) is 5.95 Å². The van der Waals surface area contributed by atoms with E-state index in [9.17, 15) is 0 Å². The predicted octanol–water partition coefficient (Wildman–Crippen LogP) is 3.58. The molecule has 0 spiro atoms. The van der Waals surface area contributed by atoms with Crippen LogP contribution in [0.4, 0.5) is 11.8 Å². The van der Waals surface area contributed by atoms with Crippen molar-refractivity contribution in [2.24, 2.45) is 5.92 Å². The van der Waals surface area contributed by atoms with E-state index < -0.39 is 0 Å². The standard InChI is InChI=1S/C22H33N7/c1-16-7-10-28(11-8-16)22-24-13-18(14-25-22)15-29-9-5-4-6-20(29)19-12-21(23-3)27-17(2)26-19/h12-14,16,20H,4-11,15H2,1-3H3,(H,23,26,27). The molecule has 2 aromatic heterocycles. The molecule has 0 radical (unpaired) electrons. The molecule has 29 heavy (non-hydrogen) atoms. The van der Waals surface area contributed by atoms with Crippen molar-refractivity contribution in [3.63, 3.8) is 0 Å². The minimum Gasteiger partial charge on any atom is -0.373 e. The molecule has 4 rings (SSSR count). The molecule has 0 bridgehead atoms. The number of hydrogen-bond donors (Lipinski definition) is 1. The fourth-order valence-electron chi connectivity index (χ4n) is 4.44. The molecule has 0 aromatic carbocycles. The van der Waals surface area contributed by atoms with E-state index >= 15 is 0 Å². The Bertz CT molecular complexity index is 799. The van der Waals surface area contributed by atoms with E-state index in [1.54, 1.807) is 0 Å². The molecule has 0 saturated carbocycles. The lowest BCUT2D eigenvalue weighted by Crippen LogP contribution is -2.35. The van der Waals surface area contributed by atoms with Crippen molar-refractivity contribution < 1.29 is 0 Å². The zero-order chi connectivity index (χ0) is 20.2. The summed E-state index contributed by atoms with van der Waals surface area (Å²) in [6.45, 7) is 8.36. The second kappa shape index (κ2) is 9.03. The van der Waals surface area contributed by atoms with Crippen LogP contribution in [0.25, 0.3) is 0 Å². The average Bonchev–Trinajstić information content (AvgIpc) is 2.75. The molecule has 1 unspecified atom stereocenters. The van der Waals surface area contributed by atoms with Crippen molar-refractivity contribution in [1.29, 1.82) is 0 Å². The molecule has 2 aliphatic heterocycles. The third-order valence-electron chi connectivity index (χ3n) is 6.21. The molecule has 1 N–H and O–H groups in total. The van der Waals surface area contributed by atoms with Crippen molar-refractivity contribution in [3.05, 3.63) is 35.5 Å². The Kier molecular flexibility index (Phi) is 6.23. The van der Waals surface area contributed by atoms with Gasteiger partial charge in [-0.3, -0.25) is 4.90 Å². The Balaban J connectivity index is 1.46. The maximum atomic E-state index is 4.75. The number of likely N-dealkylation sites (tertiary alicyclic amines) is 1. The van der Waals surface area contributed by atoms with E-state index in [0.717, 1.165) is 61.8 Å². The van der Waals surface area contributed by atoms with E-state index in [0.29, 0.717) is 6.04 Å². The number of hydrogen-bond acceptors (Lipinski definition) is 7. The summed E-state index contributed by atoms with van der Waals surface area (Å²) in [5, 5.41) is 3.16. The maximum Gasteiger partial charge on any atom is 0.225 e. The summed E-state index contributed by atoms with van der Waals surface area (Å²) in [4.78, 5) is 23.4. The van der Waals surface area contributed by atoms with Crippen LogP contribution in [0.2, 0.25) is 0 Å². The van der Waals surface area contributed by atoms with Crippen LogP contribution in [0.3, 0.4) is 0 Å². The topological polar surface area (TPSA) is 70.1 Å². The SMILES string of the molecule is CNc1cc(C2CCCCN2Cc2cnc(N3CCC(C)CC3)nc2)nc(C)n1. The van der Waals surface area contributed by atoms with Crippen LogP contribution in [0.5, 0.6) is 0 Å². The van der Waals surface area contributed by atoms with Crippen LogP contribution >= 0.6 is 0 Å². The van der Waals surface area contributed by atoms with Crippen LogP contribution in [-0.2, 0) is 6.54 Å². The van der Waals surface area contributed by atoms with Gasteiger partial charge in [0.1, 0.15) is 11.6 Å². The molecule has 0 aliphatic carbocycles. The molecule has 0 amide bonds. The van der Waals surface area contributed by atoms with Gasteiger partial charge in [0.15, 0.2) is 0 Å². The summed E-state index contributed by atoms with van der Waals surface area (Å²) in [7, 11) is 1.91. The first-order valence-corrected chi connectivity index (χ1v) is 11.0. The van der Waals surface area contributed by atoms with Crippen molar-refractivity contribution >= 4 is 11.8 Å². The van der Waals surface area contributed by atoms with Crippen molar-refractivity contribution in [3.8, 4) is 0 Å². The summed E-state index contributed by atoms with van der Waals surface area (Å²) >= 11 is 0. The number of nitrogens with one attached hydrogen (secondary N) is 1. The zero-order valence-electron chi connectivity index (χ0n) is 17.9. The van der Waals surface area contributed by atoms with Gasteiger partial charge in [0.05, 0.1) is 11.7 Å². The fraction of sp³-hybridized carbons (Fsp3) is 0.636. The summed E-state index contributed by atoms with van der Waals surface area (Å²) in [5.74, 6) is 3.40. The summed E-state index contributed by atoms with van der Waals surface area (Å²) in [6.07, 6.45) is 10.1. The summed E-state index contributed by atoms with van der Waals surface area (Å²) in [5.41, 5.74) is 2.28. The minimum atomic E-state index is 0.320. The zero-order valence-corrected chi connectivity index (χ0v) is 17.9. The third kappa shape index (κ3) is 4.83.